The molecule has 0 bridgehead atoms. The summed E-state index contributed by atoms with van der Waals surface area (Å²) in [6.07, 6.45) is 1.52. The lowest BCUT2D eigenvalue weighted by molar-refractivity contribution is -0.114. The van der Waals surface area contributed by atoms with Crippen LogP contribution in [0.15, 0.2) is 48.0 Å². The Bertz CT molecular complexity index is 894. The molecule has 6 nitrogen and oxygen atoms in total. The highest BCUT2D eigenvalue weighted by atomic mass is 16.5. The summed E-state index contributed by atoms with van der Waals surface area (Å²) in [5, 5.41) is 14.6. The minimum atomic E-state index is -0.506. The third-order valence-electron chi connectivity index (χ3n) is 3.56. The van der Waals surface area contributed by atoms with Crippen molar-refractivity contribution in [2.24, 2.45) is 0 Å². The van der Waals surface area contributed by atoms with Crippen molar-refractivity contribution in [2.75, 3.05) is 17.7 Å². The average Bonchev–Trinajstić information content (AvgIpc) is 2.61. The average molecular weight is 349 g/mol. The van der Waals surface area contributed by atoms with Crippen molar-refractivity contribution in [3.8, 4) is 11.8 Å². The number of benzene rings is 2. The van der Waals surface area contributed by atoms with Crippen LogP contribution in [-0.2, 0) is 9.59 Å². The third-order valence-corrected chi connectivity index (χ3v) is 3.56. The van der Waals surface area contributed by atoms with Gasteiger partial charge in [0.2, 0.25) is 5.91 Å². The smallest absolute Gasteiger partial charge is 0.266 e. The molecule has 2 rings (SSSR count). The number of nitriles is 1. The maximum absolute atomic E-state index is 12.3. The highest BCUT2D eigenvalue weighted by molar-refractivity contribution is 6.09. The van der Waals surface area contributed by atoms with E-state index in [-0.39, 0.29) is 11.5 Å². The fourth-order valence-corrected chi connectivity index (χ4v) is 2.35. The van der Waals surface area contributed by atoms with Gasteiger partial charge in [-0.05, 0) is 60.5 Å². The predicted molar refractivity (Wildman–Crippen MR) is 101 cm³/mol. The molecule has 0 heterocycles. The van der Waals surface area contributed by atoms with Gasteiger partial charge in [0, 0.05) is 18.3 Å². The van der Waals surface area contributed by atoms with Crippen molar-refractivity contribution in [1.82, 2.24) is 0 Å². The highest BCUT2D eigenvalue weighted by Gasteiger charge is 2.10. The number of ether oxygens (including phenoxy) is 1. The number of aryl methyl sites for hydroxylation is 1. The van der Waals surface area contributed by atoms with Crippen LogP contribution in [0.25, 0.3) is 6.08 Å². The zero-order valence-corrected chi connectivity index (χ0v) is 14.8. The first kappa shape index (κ1) is 18.7. The number of rotatable bonds is 5. The van der Waals surface area contributed by atoms with Gasteiger partial charge in [-0.25, -0.2) is 0 Å². The molecule has 0 fully saturated rings. The zero-order chi connectivity index (χ0) is 19.1. The Labute approximate surface area is 152 Å². The quantitative estimate of drug-likeness (QED) is 0.638. The second-order valence-electron chi connectivity index (χ2n) is 5.61. The minimum Gasteiger partial charge on any atom is -0.496 e. The molecule has 0 aliphatic rings. The summed E-state index contributed by atoms with van der Waals surface area (Å²) in [6.45, 7) is 3.31. The minimum absolute atomic E-state index is 0.0134. The first-order valence-electron chi connectivity index (χ1n) is 7.88. The fourth-order valence-electron chi connectivity index (χ4n) is 2.35. The van der Waals surface area contributed by atoms with Crippen LogP contribution in [0, 0.1) is 18.3 Å². The first-order valence-corrected chi connectivity index (χ1v) is 7.88. The summed E-state index contributed by atoms with van der Waals surface area (Å²) in [4.78, 5) is 23.3. The number of nitrogens with one attached hydrogen (secondary N) is 2. The van der Waals surface area contributed by atoms with Crippen LogP contribution in [0.2, 0.25) is 0 Å². The molecule has 0 aliphatic carbocycles. The molecule has 2 amide bonds. The van der Waals surface area contributed by atoms with Crippen LogP contribution in [0.3, 0.4) is 0 Å². The van der Waals surface area contributed by atoms with Crippen LogP contribution in [0.1, 0.15) is 18.1 Å². The SMILES string of the molecule is COc1ccc(/C=C(\C#N)C(=O)Nc2ccc(NC(C)=O)cc2)cc1C. The van der Waals surface area contributed by atoms with Crippen molar-refractivity contribution >= 4 is 29.3 Å². The second kappa shape index (κ2) is 8.49. The van der Waals surface area contributed by atoms with Crippen molar-refractivity contribution in [3.63, 3.8) is 0 Å². The Kier molecular flexibility index (Phi) is 6.12. The Morgan fingerprint density at radius 3 is 2.19 bits per heavy atom. The molecule has 0 radical (unpaired) electrons. The van der Waals surface area contributed by atoms with Gasteiger partial charge in [-0.1, -0.05) is 6.07 Å². The lowest BCUT2D eigenvalue weighted by atomic mass is 10.1. The molecular weight excluding hydrogens is 330 g/mol. The molecule has 0 saturated heterocycles. The number of amides is 2. The largest absolute Gasteiger partial charge is 0.496 e. The molecular formula is C20H19N3O3. The zero-order valence-electron chi connectivity index (χ0n) is 14.8. The number of anilines is 2. The molecule has 0 unspecified atom stereocenters. The van der Waals surface area contributed by atoms with Crippen molar-refractivity contribution < 1.29 is 14.3 Å². The van der Waals surface area contributed by atoms with Crippen molar-refractivity contribution in [3.05, 3.63) is 59.2 Å². The summed E-state index contributed by atoms with van der Waals surface area (Å²) in [7, 11) is 1.59. The standard InChI is InChI=1S/C20H19N3O3/c1-13-10-15(4-9-19(13)26-3)11-16(12-21)20(25)23-18-7-5-17(6-8-18)22-14(2)24/h4-11H,1-3H3,(H,22,24)(H,23,25)/b16-11+. The van der Waals surface area contributed by atoms with Crippen LogP contribution in [0.4, 0.5) is 11.4 Å². The molecule has 0 aliphatic heterocycles. The van der Waals surface area contributed by atoms with Gasteiger partial charge in [0.05, 0.1) is 7.11 Å². The molecule has 0 spiro atoms. The molecule has 2 aromatic rings. The Morgan fingerprint density at radius 1 is 1.08 bits per heavy atom. The summed E-state index contributed by atoms with van der Waals surface area (Å²) >= 11 is 0. The summed E-state index contributed by atoms with van der Waals surface area (Å²) < 4.78 is 5.20. The highest BCUT2D eigenvalue weighted by Crippen LogP contribution is 2.20. The van der Waals surface area contributed by atoms with Gasteiger partial charge >= 0.3 is 0 Å². The van der Waals surface area contributed by atoms with Crippen LogP contribution in [-0.4, -0.2) is 18.9 Å². The van der Waals surface area contributed by atoms with E-state index in [0.29, 0.717) is 11.4 Å². The van der Waals surface area contributed by atoms with Crippen molar-refractivity contribution in [1.29, 1.82) is 5.26 Å². The number of carbonyl (C=O) groups excluding carboxylic acids is 2. The summed E-state index contributed by atoms with van der Waals surface area (Å²) in [5.41, 5.74) is 2.78. The van der Waals surface area contributed by atoms with Crippen LogP contribution in [0.5, 0.6) is 5.75 Å². The molecule has 0 saturated carbocycles. The third kappa shape index (κ3) is 4.95. The van der Waals surface area contributed by atoms with Gasteiger partial charge in [0.15, 0.2) is 0 Å². The van der Waals surface area contributed by atoms with Gasteiger partial charge in [0.1, 0.15) is 17.4 Å². The van der Waals surface area contributed by atoms with E-state index in [1.165, 1.54) is 13.0 Å². The van der Waals surface area contributed by atoms with Gasteiger partial charge in [-0.3, -0.25) is 9.59 Å². The van der Waals surface area contributed by atoms with E-state index < -0.39 is 5.91 Å². The summed E-state index contributed by atoms with van der Waals surface area (Å²) in [6, 6.07) is 13.9. The number of carbonyl (C=O) groups is 2. The monoisotopic (exact) mass is 349 g/mol. The van der Waals surface area contributed by atoms with Crippen LogP contribution >= 0.6 is 0 Å². The molecule has 2 N–H and O–H groups in total. The maximum atomic E-state index is 12.3. The van der Waals surface area contributed by atoms with E-state index >= 15 is 0 Å². The number of hydrogen-bond donors (Lipinski definition) is 2. The molecule has 0 atom stereocenters. The van der Waals surface area contributed by atoms with E-state index in [4.69, 9.17) is 4.74 Å². The molecule has 6 heteroatoms. The van der Waals surface area contributed by atoms with Gasteiger partial charge < -0.3 is 15.4 Å². The topological polar surface area (TPSA) is 91.2 Å². The number of nitrogens with zero attached hydrogens (tertiary/aromatic N) is 1. The molecule has 2 aromatic carbocycles. The van der Waals surface area contributed by atoms with E-state index in [9.17, 15) is 14.9 Å². The van der Waals surface area contributed by atoms with Gasteiger partial charge in [-0.2, -0.15) is 5.26 Å². The summed E-state index contributed by atoms with van der Waals surface area (Å²) in [5.74, 6) is 0.0592. The normalized spacial score (nSPS) is 10.6. The van der Waals surface area contributed by atoms with E-state index in [0.717, 1.165) is 16.9 Å². The second-order valence-corrected chi connectivity index (χ2v) is 5.61. The number of hydrogen-bond acceptors (Lipinski definition) is 4. The van der Waals surface area contributed by atoms with Crippen molar-refractivity contribution in [2.45, 2.75) is 13.8 Å². The maximum Gasteiger partial charge on any atom is 0.266 e. The van der Waals surface area contributed by atoms with Gasteiger partial charge in [-0.15, -0.1) is 0 Å². The Hall–Kier alpha value is -3.59. The Balaban J connectivity index is 2.14. The lowest BCUT2D eigenvalue weighted by Gasteiger charge is -2.07. The molecule has 132 valence electrons. The molecule has 0 aromatic heterocycles. The predicted octanol–water partition coefficient (Wildman–Crippen LogP) is 3.51. The van der Waals surface area contributed by atoms with Crippen LogP contribution < -0.4 is 15.4 Å². The first-order chi connectivity index (χ1) is 12.4. The van der Waals surface area contributed by atoms with E-state index in [1.54, 1.807) is 43.5 Å². The van der Waals surface area contributed by atoms with E-state index in [2.05, 4.69) is 10.6 Å². The molecule has 26 heavy (non-hydrogen) atoms. The number of methoxy groups -OCH3 is 1. The Morgan fingerprint density at radius 2 is 1.69 bits per heavy atom. The lowest BCUT2D eigenvalue weighted by Crippen LogP contribution is -2.13. The van der Waals surface area contributed by atoms with E-state index in [1.807, 2.05) is 19.1 Å². The fraction of sp³-hybridized carbons (Fsp3) is 0.150. The van der Waals surface area contributed by atoms with Gasteiger partial charge in [0.25, 0.3) is 5.91 Å².